The van der Waals surface area contributed by atoms with Crippen molar-refractivity contribution in [3.63, 3.8) is 0 Å². The first-order valence-electron chi connectivity index (χ1n) is 13.0. The van der Waals surface area contributed by atoms with Crippen molar-refractivity contribution < 1.29 is 24.0 Å². The Morgan fingerprint density at radius 1 is 1.02 bits per heavy atom. The number of amides is 5. The summed E-state index contributed by atoms with van der Waals surface area (Å²) in [7, 11) is 0. The number of benzene rings is 3. The summed E-state index contributed by atoms with van der Waals surface area (Å²) in [5.41, 5.74) is 2.74. The SMILES string of the molecule is CC1(C)C(N(O)C(=O)Nc2ccc(Cl)cc2)N(c2ccc(Cl)cc2)C(=O)N1CCCC(=O)N/N=C/c1ccc(F)cc1. The van der Waals surface area contributed by atoms with Crippen LogP contribution in [0.4, 0.5) is 25.4 Å². The van der Waals surface area contributed by atoms with Gasteiger partial charge in [-0.2, -0.15) is 10.2 Å². The Morgan fingerprint density at radius 2 is 1.62 bits per heavy atom. The van der Waals surface area contributed by atoms with Crippen molar-refractivity contribution in [1.29, 1.82) is 0 Å². The highest BCUT2D eigenvalue weighted by molar-refractivity contribution is 6.31. The number of nitrogens with one attached hydrogen (secondary N) is 2. The largest absolute Gasteiger partial charge is 0.347 e. The first-order valence-corrected chi connectivity index (χ1v) is 13.7. The second-order valence-corrected chi connectivity index (χ2v) is 10.9. The molecule has 1 heterocycles. The fraction of sp³-hybridized carbons (Fsp3) is 0.241. The minimum absolute atomic E-state index is 0.0477. The van der Waals surface area contributed by atoms with Crippen LogP contribution in [0.1, 0.15) is 32.3 Å². The van der Waals surface area contributed by atoms with Crippen molar-refractivity contribution in [3.05, 3.63) is 94.2 Å². The summed E-state index contributed by atoms with van der Waals surface area (Å²) in [6.45, 7) is 3.59. The molecular weight excluding hydrogens is 586 g/mol. The van der Waals surface area contributed by atoms with Gasteiger partial charge in [-0.25, -0.2) is 19.4 Å². The van der Waals surface area contributed by atoms with Crippen molar-refractivity contribution in [2.75, 3.05) is 16.8 Å². The van der Waals surface area contributed by atoms with E-state index in [0.717, 1.165) is 0 Å². The normalized spacial score (nSPS) is 16.1. The van der Waals surface area contributed by atoms with E-state index in [9.17, 15) is 24.0 Å². The molecular formula is C29H29Cl2FN6O4. The Hall–Kier alpha value is -4.19. The van der Waals surface area contributed by atoms with Crippen LogP contribution in [0.15, 0.2) is 77.9 Å². The minimum Gasteiger partial charge on any atom is -0.315 e. The third-order valence-corrected chi connectivity index (χ3v) is 7.21. The van der Waals surface area contributed by atoms with Crippen LogP contribution in [0.2, 0.25) is 10.0 Å². The van der Waals surface area contributed by atoms with E-state index in [1.165, 1.54) is 40.3 Å². The molecule has 1 unspecified atom stereocenters. The quantitative estimate of drug-likeness (QED) is 0.148. The molecule has 0 bridgehead atoms. The van der Waals surface area contributed by atoms with Gasteiger partial charge in [0.25, 0.3) is 0 Å². The lowest BCUT2D eigenvalue weighted by molar-refractivity contribution is -0.121. The number of halogens is 3. The van der Waals surface area contributed by atoms with Gasteiger partial charge in [-0.05, 0) is 86.5 Å². The van der Waals surface area contributed by atoms with Crippen LogP contribution in [-0.4, -0.2) is 57.6 Å². The average molecular weight is 615 g/mol. The number of carbonyl (C=O) groups excluding carboxylic acids is 3. The van der Waals surface area contributed by atoms with Gasteiger partial charge in [-0.15, -0.1) is 0 Å². The summed E-state index contributed by atoms with van der Waals surface area (Å²) in [5.74, 6) is -0.756. The van der Waals surface area contributed by atoms with Gasteiger partial charge in [-0.3, -0.25) is 14.9 Å². The highest BCUT2D eigenvalue weighted by Gasteiger charge is 2.55. The molecule has 10 nitrogen and oxygen atoms in total. The van der Waals surface area contributed by atoms with Gasteiger partial charge >= 0.3 is 12.1 Å². The Balaban J connectivity index is 1.47. The molecule has 5 amide bonds. The van der Waals surface area contributed by atoms with Gasteiger partial charge in [0.2, 0.25) is 5.91 Å². The van der Waals surface area contributed by atoms with Gasteiger partial charge in [0.1, 0.15) is 5.82 Å². The first kappa shape index (κ1) is 30.8. The van der Waals surface area contributed by atoms with Crippen LogP contribution in [0.3, 0.4) is 0 Å². The molecule has 0 saturated carbocycles. The van der Waals surface area contributed by atoms with Crippen molar-refractivity contribution in [1.82, 2.24) is 15.4 Å². The first-order chi connectivity index (χ1) is 20.0. The standard InChI is InChI=1S/C29H29Cl2FN6O4/c1-29(2)26(38(42)27(40)34-23-13-7-20(30)8-14-23)37(24-15-9-21(31)10-16-24)28(41)36(29)17-3-4-25(39)35-33-18-19-5-11-22(32)12-6-19/h5-16,18,26,42H,3-4,17H2,1-2H3,(H,34,40)(H,35,39)/b33-18+. The number of nitrogens with zero attached hydrogens (tertiary/aromatic N) is 4. The number of hydrazone groups is 1. The number of hydrogen-bond donors (Lipinski definition) is 3. The van der Waals surface area contributed by atoms with E-state index in [4.69, 9.17) is 23.2 Å². The summed E-state index contributed by atoms with van der Waals surface area (Å²) in [5, 5.41) is 19.1. The molecule has 220 valence electrons. The van der Waals surface area contributed by atoms with Crippen molar-refractivity contribution >= 4 is 58.8 Å². The van der Waals surface area contributed by atoms with Gasteiger partial charge in [0.05, 0.1) is 11.8 Å². The molecule has 1 saturated heterocycles. The summed E-state index contributed by atoms with van der Waals surface area (Å²) in [4.78, 5) is 42.0. The minimum atomic E-state index is -1.15. The molecule has 3 aromatic rings. The van der Waals surface area contributed by atoms with Crippen LogP contribution < -0.4 is 15.6 Å². The van der Waals surface area contributed by atoms with E-state index in [1.54, 1.807) is 62.4 Å². The van der Waals surface area contributed by atoms with Gasteiger partial charge in [0, 0.05) is 34.4 Å². The molecule has 1 atom stereocenters. The van der Waals surface area contributed by atoms with Crippen LogP contribution in [0.25, 0.3) is 0 Å². The van der Waals surface area contributed by atoms with Crippen LogP contribution >= 0.6 is 23.2 Å². The molecule has 3 aromatic carbocycles. The summed E-state index contributed by atoms with van der Waals surface area (Å²) in [6.07, 6.45) is 0.569. The zero-order valence-electron chi connectivity index (χ0n) is 22.8. The molecule has 0 aromatic heterocycles. The van der Waals surface area contributed by atoms with Gasteiger partial charge in [-0.1, -0.05) is 35.3 Å². The number of hydroxylamine groups is 2. The Kier molecular flexibility index (Phi) is 9.66. The molecule has 0 aliphatic carbocycles. The second kappa shape index (κ2) is 13.2. The zero-order chi connectivity index (χ0) is 30.4. The highest BCUT2D eigenvalue weighted by Crippen LogP contribution is 2.38. The fourth-order valence-electron chi connectivity index (χ4n) is 4.59. The third kappa shape index (κ3) is 7.17. The smallest absolute Gasteiger partial charge is 0.315 e. The van der Waals surface area contributed by atoms with Crippen molar-refractivity contribution in [3.8, 4) is 0 Å². The maximum atomic E-state index is 13.8. The fourth-order valence-corrected chi connectivity index (χ4v) is 4.84. The predicted octanol–water partition coefficient (Wildman–Crippen LogP) is 6.33. The number of urea groups is 2. The lowest BCUT2D eigenvalue weighted by Crippen LogP contribution is -2.58. The van der Waals surface area contributed by atoms with E-state index >= 15 is 0 Å². The van der Waals surface area contributed by atoms with Crippen molar-refractivity contribution in [2.24, 2.45) is 5.10 Å². The number of carbonyl (C=O) groups is 3. The molecule has 3 N–H and O–H groups in total. The van der Waals surface area contributed by atoms with E-state index in [0.29, 0.717) is 32.0 Å². The Labute approximate surface area is 252 Å². The Morgan fingerprint density at radius 3 is 2.24 bits per heavy atom. The number of hydrogen-bond acceptors (Lipinski definition) is 5. The van der Waals surface area contributed by atoms with E-state index in [-0.39, 0.29) is 31.1 Å². The number of rotatable bonds is 9. The molecule has 4 rings (SSSR count). The molecule has 1 fully saturated rings. The molecule has 42 heavy (non-hydrogen) atoms. The van der Waals surface area contributed by atoms with E-state index in [1.807, 2.05) is 0 Å². The summed E-state index contributed by atoms with van der Waals surface area (Å²) in [6, 6.07) is 17.1. The highest BCUT2D eigenvalue weighted by atomic mass is 35.5. The summed E-state index contributed by atoms with van der Waals surface area (Å²) >= 11 is 12.0. The lowest BCUT2D eigenvalue weighted by atomic mass is 9.99. The number of anilines is 2. The topological polar surface area (TPSA) is 118 Å². The molecule has 0 spiro atoms. The third-order valence-electron chi connectivity index (χ3n) is 6.71. The maximum absolute atomic E-state index is 13.8. The molecule has 0 radical (unpaired) electrons. The monoisotopic (exact) mass is 614 g/mol. The van der Waals surface area contributed by atoms with Crippen LogP contribution in [-0.2, 0) is 4.79 Å². The maximum Gasteiger partial charge on any atom is 0.347 e. The lowest BCUT2D eigenvalue weighted by Gasteiger charge is -2.38. The summed E-state index contributed by atoms with van der Waals surface area (Å²) < 4.78 is 13.0. The molecule has 1 aliphatic heterocycles. The average Bonchev–Trinajstić information content (AvgIpc) is 3.15. The van der Waals surface area contributed by atoms with E-state index < -0.39 is 23.8 Å². The predicted molar refractivity (Wildman–Crippen MR) is 159 cm³/mol. The molecule has 13 heteroatoms. The zero-order valence-corrected chi connectivity index (χ0v) is 24.3. The molecule has 1 aliphatic rings. The van der Waals surface area contributed by atoms with Crippen LogP contribution in [0, 0.1) is 5.82 Å². The van der Waals surface area contributed by atoms with E-state index in [2.05, 4.69) is 15.8 Å². The Bertz CT molecular complexity index is 1450. The van der Waals surface area contributed by atoms with Crippen molar-refractivity contribution in [2.45, 2.75) is 38.4 Å². The van der Waals surface area contributed by atoms with Gasteiger partial charge < -0.3 is 10.2 Å². The second-order valence-electron chi connectivity index (χ2n) is 10.0. The van der Waals surface area contributed by atoms with Crippen LogP contribution in [0.5, 0.6) is 0 Å². The van der Waals surface area contributed by atoms with Gasteiger partial charge in [0.15, 0.2) is 6.17 Å².